The number of amides is 2. The fraction of sp³-hybridized carbons (Fsp3) is 0.714. The largest absolute Gasteiger partial charge is 0.433 e. The predicted octanol–water partition coefficient (Wildman–Crippen LogP) is 2.94. The van der Waals surface area contributed by atoms with Crippen LogP contribution in [0.1, 0.15) is 27.7 Å². The van der Waals surface area contributed by atoms with Gasteiger partial charge < -0.3 is 10.6 Å². The van der Waals surface area contributed by atoms with E-state index in [0.29, 0.717) is 0 Å². The van der Waals surface area contributed by atoms with Gasteiger partial charge in [0.1, 0.15) is 0 Å². The lowest BCUT2D eigenvalue weighted by atomic mass is 10.2. The van der Waals surface area contributed by atoms with Gasteiger partial charge in [-0.05, 0) is 40.2 Å². The topological polar surface area (TPSA) is 101 Å². The van der Waals surface area contributed by atoms with Crippen LogP contribution in [0.25, 0.3) is 0 Å². The molecule has 8 nitrogen and oxygen atoms in total. The fourth-order valence-electron chi connectivity index (χ4n) is 0.599. The van der Waals surface area contributed by atoms with E-state index in [9.17, 15) is 9.59 Å². The van der Waals surface area contributed by atoms with E-state index in [1.165, 1.54) is 14.1 Å². The minimum Gasteiger partial charge on any atom is -0.323 e. The van der Waals surface area contributed by atoms with E-state index in [1.54, 1.807) is 36.0 Å². The molecule has 0 saturated heterocycles. The summed E-state index contributed by atoms with van der Waals surface area (Å²) >= 11 is 3.25. The fourth-order valence-corrected chi connectivity index (χ4v) is 0.896. The highest BCUT2D eigenvalue weighted by molar-refractivity contribution is 8.00. The third-order valence-electron chi connectivity index (χ3n) is 2.46. The molecule has 0 radical (unpaired) electrons. The summed E-state index contributed by atoms with van der Waals surface area (Å²) in [5, 5.41) is 11.6. The zero-order valence-electron chi connectivity index (χ0n) is 15.5. The van der Waals surface area contributed by atoms with Gasteiger partial charge in [0.15, 0.2) is 0 Å². The lowest BCUT2D eigenvalue weighted by molar-refractivity contribution is 0.152. The number of carbonyl (C=O) groups excluding carboxylic acids is 2. The van der Waals surface area contributed by atoms with Gasteiger partial charge >= 0.3 is 12.2 Å². The van der Waals surface area contributed by atoms with Crippen molar-refractivity contribution in [1.29, 1.82) is 0 Å². The molecule has 0 fully saturated rings. The lowest BCUT2D eigenvalue weighted by Gasteiger charge is -2.13. The summed E-state index contributed by atoms with van der Waals surface area (Å²) in [5.41, 5.74) is 0. The van der Waals surface area contributed by atoms with Crippen LogP contribution in [-0.4, -0.2) is 60.7 Å². The number of nitrogens with one attached hydrogen (secondary N) is 2. The van der Waals surface area contributed by atoms with Crippen LogP contribution < -0.4 is 10.6 Å². The maximum Gasteiger partial charge on any atom is 0.433 e. The van der Waals surface area contributed by atoms with Gasteiger partial charge in [-0.25, -0.2) is 9.59 Å². The van der Waals surface area contributed by atoms with Crippen LogP contribution in [0.3, 0.4) is 0 Å². The molecule has 10 heteroatoms. The van der Waals surface area contributed by atoms with Crippen LogP contribution >= 0.6 is 23.5 Å². The number of hydrogen-bond acceptors (Lipinski definition) is 8. The van der Waals surface area contributed by atoms with Gasteiger partial charge in [0.2, 0.25) is 0 Å². The van der Waals surface area contributed by atoms with Crippen molar-refractivity contribution < 1.29 is 19.3 Å². The average molecular weight is 381 g/mol. The summed E-state index contributed by atoms with van der Waals surface area (Å²) in [4.78, 5) is 29.9. The van der Waals surface area contributed by atoms with Crippen LogP contribution in [0.15, 0.2) is 10.3 Å². The third kappa shape index (κ3) is 15.5. The van der Waals surface area contributed by atoms with Crippen molar-refractivity contribution in [2.24, 2.45) is 10.3 Å². The van der Waals surface area contributed by atoms with Crippen LogP contribution in [-0.2, 0) is 9.68 Å². The van der Waals surface area contributed by atoms with Gasteiger partial charge in [-0.3, -0.25) is 9.68 Å². The monoisotopic (exact) mass is 380 g/mol. The number of thioether (sulfide) groups is 2. The molecule has 0 aromatic rings. The number of oxime groups is 2. The first-order chi connectivity index (χ1) is 11.0. The highest BCUT2D eigenvalue weighted by atomic mass is 32.2. The Labute approximate surface area is 152 Å². The molecule has 0 aromatic carbocycles. The van der Waals surface area contributed by atoms with Gasteiger partial charge in [0.25, 0.3) is 0 Å². The summed E-state index contributed by atoms with van der Waals surface area (Å²) in [6.45, 7) is 7.92. The highest BCUT2D eigenvalue weighted by Crippen LogP contribution is 2.18. The number of hydrogen-bond donors (Lipinski definition) is 2. The standard InChI is InChI=1S/2C7H14N2O2S/c2*1-7(2,12-4)5-9-11-6(10)8-3/h2*5H,1-4H3,(H,8,10)/b2*9-5+. The van der Waals surface area contributed by atoms with Crippen LogP contribution in [0, 0.1) is 0 Å². The Kier molecular flexibility index (Phi) is 13.4. The van der Waals surface area contributed by atoms with Gasteiger partial charge in [-0.2, -0.15) is 23.5 Å². The normalized spacial score (nSPS) is 11.7. The molecule has 0 heterocycles. The first-order valence-electron chi connectivity index (χ1n) is 7.00. The second-order valence-electron chi connectivity index (χ2n) is 5.34. The Morgan fingerprint density at radius 3 is 1.33 bits per heavy atom. The minimum atomic E-state index is -0.553. The van der Waals surface area contributed by atoms with Gasteiger partial charge in [-0.15, -0.1) is 0 Å². The molecule has 0 saturated carbocycles. The second kappa shape index (κ2) is 12.9. The molecule has 2 N–H and O–H groups in total. The molecule has 0 aliphatic carbocycles. The molecule has 24 heavy (non-hydrogen) atoms. The number of carbonyl (C=O) groups is 2. The van der Waals surface area contributed by atoms with Crippen molar-refractivity contribution in [3.05, 3.63) is 0 Å². The van der Waals surface area contributed by atoms with Crippen molar-refractivity contribution in [2.75, 3.05) is 26.6 Å². The average Bonchev–Trinajstić information content (AvgIpc) is 2.54. The zero-order chi connectivity index (χ0) is 19.2. The van der Waals surface area contributed by atoms with Gasteiger partial charge in [0, 0.05) is 23.6 Å². The van der Waals surface area contributed by atoms with Crippen molar-refractivity contribution in [2.45, 2.75) is 37.2 Å². The van der Waals surface area contributed by atoms with E-state index in [-0.39, 0.29) is 9.49 Å². The molecule has 0 aromatic heterocycles. The van der Waals surface area contributed by atoms with E-state index in [4.69, 9.17) is 0 Å². The van der Waals surface area contributed by atoms with Crippen molar-refractivity contribution in [3.8, 4) is 0 Å². The molecule has 0 spiro atoms. The summed E-state index contributed by atoms with van der Waals surface area (Å²) < 4.78 is -0.206. The van der Waals surface area contributed by atoms with E-state index < -0.39 is 12.2 Å². The Morgan fingerprint density at radius 1 is 0.833 bits per heavy atom. The Morgan fingerprint density at radius 2 is 1.12 bits per heavy atom. The van der Waals surface area contributed by atoms with Crippen molar-refractivity contribution in [1.82, 2.24) is 10.6 Å². The third-order valence-corrected chi connectivity index (χ3v) is 4.77. The predicted molar refractivity (Wildman–Crippen MR) is 103 cm³/mol. The van der Waals surface area contributed by atoms with Crippen molar-refractivity contribution >= 4 is 48.1 Å². The molecular weight excluding hydrogens is 352 g/mol. The van der Waals surface area contributed by atoms with Crippen molar-refractivity contribution in [3.63, 3.8) is 0 Å². The summed E-state index contributed by atoms with van der Waals surface area (Å²) in [6.07, 6.45) is 6.00. The molecule has 0 aliphatic rings. The van der Waals surface area contributed by atoms with E-state index in [2.05, 4.69) is 30.6 Å². The van der Waals surface area contributed by atoms with Crippen LogP contribution in [0.2, 0.25) is 0 Å². The molecule has 0 atom stereocenters. The lowest BCUT2D eigenvalue weighted by Crippen LogP contribution is -2.19. The van der Waals surface area contributed by atoms with Crippen LogP contribution in [0.5, 0.6) is 0 Å². The minimum absolute atomic E-state index is 0.103. The molecule has 140 valence electrons. The maximum atomic E-state index is 10.5. The first kappa shape index (κ1) is 24.8. The zero-order valence-corrected chi connectivity index (χ0v) is 17.1. The summed E-state index contributed by atoms with van der Waals surface area (Å²) in [6, 6.07) is 0. The highest BCUT2D eigenvalue weighted by Gasteiger charge is 2.13. The van der Waals surface area contributed by atoms with Crippen LogP contribution in [0.4, 0.5) is 9.59 Å². The van der Waals surface area contributed by atoms with E-state index in [0.717, 1.165) is 0 Å². The second-order valence-corrected chi connectivity index (χ2v) is 8.26. The summed E-state index contributed by atoms with van der Waals surface area (Å²) in [7, 11) is 2.97. The Bertz CT molecular complexity index is 400. The molecule has 0 rings (SSSR count). The SMILES string of the molecule is CNC(=O)O/N=C/C(C)(C)SC.CNC(=O)O/N=C/C(C)(C)SC. The number of nitrogens with zero attached hydrogens (tertiary/aromatic N) is 2. The maximum absolute atomic E-state index is 10.5. The molecule has 0 unspecified atom stereocenters. The summed E-state index contributed by atoms with van der Waals surface area (Å²) in [5.74, 6) is 0. The van der Waals surface area contributed by atoms with Gasteiger partial charge in [0.05, 0.1) is 12.4 Å². The Balaban J connectivity index is 0. The molecule has 0 bridgehead atoms. The van der Waals surface area contributed by atoms with E-state index >= 15 is 0 Å². The smallest absolute Gasteiger partial charge is 0.323 e. The first-order valence-corrected chi connectivity index (χ1v) is 9.45. The van der Waals surface area contributed by atoms with E-state index in [1.807, 2.05) is 40.2 Å². The van der Waals surface area contributed by atoms with Gasteiger partial charge in [-0.1, -0.05) is 10.3 Å². The Hall–Kier alpha value is -1.42. The quantitative estimate of drug-likeness (QED) is 0.417. The molecular formula is C14H28N4O4S2. The molecule has 2 amide bonds. The number of rotatable bonds is 6. The molecule has 0 aliphatic heterocycles.